The van der Waals surface area contributed by atoms with Gasteiger partial charge in [-0.1, -0.05) is 11.6 Å². The molecule has 1 fully saturated rings. The molecule has 0 atom stereocenters. The molecule has 1 saturated carbocycles. The lowest BCUT2D eigenvalue weighted by molar-refractivity contribution is -0.141. The van der Waals surface area contributed by atoms with Gasteiger partial charge in [0.05, 0.1) is 5.41 Å². The van der Waals surface area contributed by atoms with Gasteiger partial charge < -0.3 is 10.4 Å². The van der Waals surface area contributed by atoms with Crippen molar-refractivity contribution in [3.8, 4) is 0 Å². The minimum atomic E-state index is -0.629. The van der Waals surface area contributed by atoms with Gasteiger partial charge in [0, 0.05) is 6.54 Å². The second-order valence-electron chi connectivity index (χ2n) is 3.57. The van der Waals surface area contributed by atoms with Crippen molar-refractivity contribution in [2.45, 2.75) is 19.3 Å². The summed E-state index contributed by atoms with van der Waals surface area (Å²) in [5.41, 5.74) is 0.705. The van der Waals surface area contributed by atoms with Gasteiger partial charge in [-0.05, 0) is 25.8 Å². The molecule has 0 aromatic rings. The number of carbonyl (C=O) groups is 1. The molecule has 0 amide bonds. The first-order valence-electron chi connectivity index (χ1n) is 4.39. The second kappa shape index (κ2) is 3.68. The van der Waals surface area contributed by atoms with E-state index in [1.807, 2.05) is 6.08 Å². The molecule has 2 aliphatic rings. The Labute approximate surface area is 83.6 Å². The topological polar surface area (TPSA) is 49.3 Å². The zero-order valence-corrected chi connectivity index (χ0v) is 8.19. The van der Waals surface area contributed by atoms with Crippen LogP contribution in [0.5, 0.6) is 0 Å². The van der Waals surface area contributed by atoms with E-state index in [-0.39, 0.29) is 12.4 Å². The monoisotopic (exact) mass is 203 g/mol. The molecule has 2 N–H and O–H groups in total. The van der Waals surface area contributed by atoms with E-state index in [0.29, 0.717) is 0 Å². The number of aliphatic carboxylic acids is 1. The Morgan fingerprint density at radius 1 is 1.54 bits per heavy atom. The molecule has 13 heavy (non-hydrogen) atoms. The van der Waals surface area contributed by atoms with Gasteiger partial charge in [0.25, 0.3) is 0 Å². The predicted octanol–water partition coefficient (Wildman–Crippen LogP) is 1.19. The molecule has 1 aliphatic carbocycles. The van der Waals surface area contributed by atoms with Crippen LogP contribution in [0.25, 0.3) is 0 Å². The average molecular weight is 204 g/mol. The van der Waals surface area contributed by atoms with Crippen LogP contribution in [0.1, 0.15) is 19.3 Å². The molecule has 0 aromatic carbocycles. The molecule has 2 rings (SSSR count). The molecule has 0 saturated heterocycles. The van der Waals surface area contributed by atoms with Crippen molar-refractivity contribution in [3.63, 3.8) is 0 Å². The zero-order chi connectivity index (χ0) is 8.60. The van der Waals surface area contributed by atoms with E-state index in [9.17, 15) is 4.79 Å². The van der Waals surface area contributed by atoms with Crippen molar-refractivity contribution >= 4 is 18.4 Å². The minimum Gasteiger partial charge on any atom is -0.481 e. The maximum absolute atomic E-state index is 10.9. The third kappa shape index (κ3) is 1.71. The smallest absolute Gasteiger partial charge is 0.313 e. The van der Waals surface area contributed by atoms with Crippen LogP contribution >= 0.6 is 12.4 Å². The van der Waals surface area contributed by atoms with Gasteiger partial charge in [0.15, 0.2) is 0 Å². The number of rotatable bonds is 2. The van der Waals surface area contributed by atoms with E-state index < -0.39 is 11.4 Å². The first kappa shape index (κ1) is 10.5. The van der Waals surface area contributed by atoms with E-state index in [1.54, 1.807) is 0 Å². The summed E-state index contributed by atoms with van der Waals surface area (Å²) >= 11 is 0. The highest BCUT2D eigenvalue weighted by Crippen LogP contribution is 2.53. The van der Waals surface area contributed by atoms with Crippen LogP contribution in [0.3, 0.4) is 0 Å². The molecule has 3 nitrogen and oxygen atoms in total. The number of nitrogens with one attached hydrogen (secondary N) is 1. The highest BCUT2D eigenvalue weighted by molar-refractivity contribution is 5.85. The van der Waals surface area contributed by atoms with Gasteiger partial charge >= 0.3 is 5.97 Å². The third-order valence-electron chi connectivity index (χ3n) is 2.84. The van der Waals surface area contributed by atoms with Crippen molar-refractivity contribution in [3.05, 3.63) is 11.6 Å². The lowest BCUT2D eigenvalue weighted by Gasteiger charge is -2.19. The lowest BCUT2D eigenvalue weighted by Crippen LogP contribution is -2.27. The summed E-state index contributed by atoms with van der Waals surface area (Å²) < 4.78 is 0. The summed E-state index contributed by atoms with van der Waals surface area (Å²) in [6, 6.07) is 0. The molecule has 1 aliphatic heterocycles. The van der Waals surface area contributed by atoms with E-state index in [1.165, 1.54) is 0 Å². The van der Waals surface area contributed by atoms with Crippen molar-refractivity contribution in [1.82, 2.24) is 5.32 Å². The Kier molecular flexibility index (Phi) is 2.98. The molecule has 74 valence electrons. The predicted molar refractivity (Wildman–Crippen MR) is 52.1 cm³/mol. The zero-order valence-electron chi connectivity index (χ0n) is 7.38. The van der Waals surface area contributed by atoms with Crippen molar-refractivity contribution in [2.75, 3.05) is 13.1 Å². The van der Waals surface area contributed by atoms with Crippen molar-refractivity contribution in [2.24, 2.45) is 5.41 Å². The summed E-state index contributed by atoms with van der Waals surface area (Å²) in [5, 5.41) is 12.2. The SMILES string of the molecule is Cl.O=C(O)C1(C2=CCNCC2)CC1. The molecule has 0 radical (unpaired) electrons. The van der Waals surface area contributed by atoms with Gasteiger partial charge in [-0.3, -0.25) is 4.79 Å². The average Bonchev–Trinajstić information content (AvgIpc) is 2.86. The molecule has 0 aromatic heterocycles. The Balaban J connectivity index is 0.000000845. The molecule has 1 heterocycles. The number of halogens is 1. The highest BCUT2D eigenvalue weighted by atomic mass is 35.5. The van der Waals surface area contributed by atoms with Crippen LogP contribution in [-0.4, -0.2) is 24.2 Å². The van der Waals surface area contributed by atoms with Crippen molar-refractivity contribution in [1.29, 1.82) is 0 Å². The van der Waals surface area contributed by atoms with E-state index >= 15 is 0 Å². The maximum Gasteiger partial charge on any atom is 0.313 e. The highest BCUT2D eigenvalue weighted by Gasteiger charge is 2.52. The largest absolute Gasteiger partial charge is 0.481 e. The first-order chi connectivity index (χ1) is 5.76. The van der Waals surface area contributed by atoms with Crippen LogP contribution in [0.2, 0.25) is 0 Å². The molecule has 0 spiro atoms. The normalized spacial score (nSPS) is 24.2. The lowest BCUT2D eigenvalue weighted by atomic mass is 9.91. The first-order valence-corrected chi connectivity index (χ1v) is 4.39. The summed E-state index contributed by atoms with van der Waals surface area (Å²) in [7, 11) is 0. The number of carboxylic acid groups (broad SMARTS) is 1. The molecule has 0 bridgehead atoms. The van der Waals surface area contributed by atoms with E-state index in [4.69, 9.17) is 5.11 Å². The summed E-state index contributed by atoms with van der Waals surface area (Å²) in [5.74, 6) is -0.629. The molecular formula is C9H14ClNO2. The Bertz CT molecular complexity index is 246. The Hall–Kier alpha value is -0.540. The van der Waals surface area contributed by atoms with Gasteiger partial charge in [-0.25, -0.2) is 0 Å². The maximum atomic E-state index is 10.9. The summed E-state index contributed by atoms with van der Waals surface area (Å²) in [4.78, 5) is 10.9. The van der Waals surface area contributed by atoms with Gasteiger partial charge in [0.1, 0.15) is 0 Å². The standard InChI is InChI=1S/C9H13NO2.ClH/c11-8(12)9(3-4-9)7-1-5-10-6-2-7;/h1,10H,2-6H2,(H,11,12);1H. The van der Waals surface area contributed by atoms with Crippen LogP contribution in [0.4, 0.5) is 0 Å². The number of carboxylic acids is 1. The number of hydrogen-bond donors (Lipinski definition) is 2. The van der Waals surface area contributed by atoms with Gasteiger partial charge in [-0.15, -0.1) is 12.4 Å². The fraction of sp³-hybridized carbons (Fsp3) is 0.667. The van der Waals surface area contributed by atoms with Crippen LogP contribution in [-0.2, 0) is 4.79 Å². The molecular weight excluding hydrogens is 190 g/mol. The van der Waals surface area contributed by atoms with Gasteiger partial charge in [0.2, 0.25) is 0 Å². The number of hydrogen-bond acceptors (Lipinski definition) is 2. The Morgan fingerprint density at radius 2 is 2.23 bits per heavy atom. The van der Waals surface area contributed by atoms with Gasteiger partial charge in [-0.2, -0.15) is 0 Å². The quantitative estimate of drug-likeness (QED) is 0.663. The third-order valence-corrected chi connectivity index (χ3v) is 2.84. The second-order valence-corrected chi connectivity index (χ2v) is 3.57. The van der Waals surface area contributed by atoms with Crippen LogP contribution < -0.4 is 5.32 Å². The fourth-order valence-corrected chi connectivity index (χ4v) is 1.85. The van der Waals surface area contributed by atoms with Crippen LogP contribution in [0, 0.1) is 5.41 Å². The fourth-order valence-electron chi connectivity index (χ4n) is 1.85. The molecule has 4 heteroatoms. The Morgan fingerprint density at radius 3 is 2.62 bits per heavy atom. The minimum absolute atomic E-state index is 0. The van der Waals surface area contributed by atoms with E-state index in [0.717, 1.165) is 37.9 Å². The van der Waals surface area contributed by atoms with Crippen LogP contribution in [0.15, 0.2) is 11.6 Å². The van der Waals surface area contributed by atoms with Crippen molar-refractivity contribution < 1.29 is 9.90 Å². The summed E-state index contributed by atoms with van der Waals surface area (Å²) in [6.07, 6.45) is 4.64. The molecule has 0 unspecified atom stereocenters. The van der Waals surface area contributed by atoms with E-state index in [2.05, 4.69) is 5.32 Å². The summed E-state index contributed by atoms with van der Waals surface area (Å²) in [6.45, 7) is 1.77.